The molecule has 0 aromatic rings. The van der Waals surface area contributed by atoms with Gasteiger partial charge in [-0.2, -0.15) is 0 Å². The smallest absolute Gasteiger partial charge is 0.0608 e. The molecule has 0 amide bonds. The van der Waals surface area contributed by atoms with Crippen LogP contribution in [0.25, 0.3) is 0 Å². The van der Waals surface area contributed by atoms with E-state index >= 15 is 0 Å². The SMILES string of the molecule is C=C(C)C1C=CC(C)C(O)C1. The van der Waals surface area contributed by atoms with Gasteiger partial charge in [0.25, 0.3) is 0 Å². The number of allylic oxidation sites excluding steroid dienone is 2. The van der Waals surface area contributed by atoms with E-state index in [1.165, 1.54) is 0 Å². The Bertz CT molecular complexity index is 181. The van der Waals surface area contributed by atoms with Gasteiger partial charge in [0.2, 0.25) is 0 Å². The van der Waals surface area contributed by atoms with Crippen molar-refractivity contribution in [3.63, 3.8) is 0 Å². The first-order valence-corrected chi connectivity index (χ1v) is 4.13. The molecule has 62 valence electrons. The van der Waals surface area contributed by atoms with Crippen LogP contribution >= 0.6 is 0 Å². The molecule has 11 heavy (non-hydrogen) atoms. The maximum atomic E-state index is 9.50. The Labute approximate surface area is 68.4 Å². The molecule has 1 N–H and O–H groups in total. The molecule has 0 aromatic heterocycles. The summed E-state index contributed by atoms with van der Waals surface area (Å²) in [6.07, 6.45) is 4.89. The molecule has 3 unspecified atom stereocenters. The fourth-order valence-electron chi connectivity index (χ4n) is 1.36. The minimum absolute atomic E-state index is 0.179. The fraction of sp³-hybridized carbons (Fsp3) is 0.600. The number of hydrogen-bond donors (Lipinski definition) is 1. The Balaban J connectivity index is 2.63. The summed E-state index contributed by atoms with van der Waals surface area (Å²) in [5, 5.41) is 9.50. The van der Waals surface area contributed by atoms with Gasteiger partial charge in [0.05, 0.1) is 6.10 Å². The number of aliphatic hydroxyl groups excluding tert-OH is 1. The van der Waals surface area contributed by atoms with E-state index in [9.17, 15) is 5.11 Å². The van der Waals surface area contributed by atoms with Gasteiger partial charge >= 0.3 is 0 Å². The molecule has 0 saturated heterocycles. The van der Waals surface area contributed by atoms with Crippen LogP contribution in [0.15, 0.2) is 24.3 Å². The second-order valence-corrected chi connectivity index (χ2v) is 3.50. The van der Waals surface area contributed by atoms with Crippen molar-refractivity contribution in [2.24, 2.45) is 11.8 Å². The molecular weight excluding hydrogens is 136 g/mol. The summed E-state index contributed by atoms with van der Waals surface area (Å²) in [5.74, 6) is 0.701. The van der Waals surface area contributed by atoms with Crippen molar-refractivity contribution in [1.29, 1.82) is 0 Å². The summed E-state index contributed by atoms with van der Waals surface area (Å²) in [6.45, 7) is 7.93. The minimum atomic E-state index is -0.179. The molecule has 1 aliphatic carbocycles. The van der Waals surface area contributed by atoms with E-state index in [0.717, 1.165) is 12.0 Å². The molecule has 0 aliphatic heterocycles. The van der Waals surface area contributed by atoms with Gasteiger partial charge in [0, 0.05) is 0 Å². The van der Waals surface area contributed by atoms with Crippen LogP contribution in [0.3, 0.4) is 0 Å². The van der Waals surface area contributed by atoms with Crippen molar-refractivity contribution in [2.45, 2.75) is 26.4 Å². The van der Waals surface area contributed by atoms with Gasteiger partial charge in [-0.15, -0.1) is 0 Å². The lowest BCUT2D eigenvalue weighted by molar-refractivity contribution is 0.113. The summed E-state index contributed by atoms with van der Waals surface area (Å²) in [5.41, 5.74) is 1.15. The van der Waals surface area contributed by atoms with E-state index in [-0.39, 0.29) is 6.10 Å². The van der Waals surface area contributed by atoms with Crippen LogP contribution < -0.4 is 0 Å². The van der Waals surface area contributed by atoms with Crippen LogP contribution in [0.5, 0.6) is 0 Å². The predicted octanol–water partition coefficient (Wildman–Crippen LogP) is 2.14. The molecule has 1 aliphatic rings. The highest BCUT2D eigenvalue weighted by atomic mass is 16.3. The van der Waals surface area contributed by atoms with Crippen LogP contribution in [-0.2, 0) is 0 Å². The molecular formula is C10H16O. The topological polar surface area (TPSA) is 20.2 Å². The van der Waals surface area contributed by atoms with Crippen molar-refractivity contribution < 1.29 is 5.11 Å². The number of rotatable bonds is 1. The quantitative estimate of drug-likeness (QED) is 0.571. The van der Waals surface area contributed by atoms with Crippen molar-refractivity contribution in [3.8, 4) is 0 Å². The Morgan fingerprint density at radius 2 is 2.18 bits per heavy atom. The van der Waals surface area contributed by atoms with E-state index in [1.54, 1.807) is 0 Å². The summed E-state index contributed by atoms with van der Waals surface area (Å²) < 4.78 is 0. The maximum absolute atomic E-state index is 9.50. The first-order valence-electron chi connectivity index (χ1n) is 4.13. The molecule has 3 atom stereocenters. The third-order valence-electron chi connectivity index (χ3n) is 2.38. The molecule has 0 fully saturated rings. The van der Waals surface area contributed by atoms with Gasteiger partial charge < -0.3 is 5.11 Å². The normalized spacial score (nSPS) is 37.2. The van der Waals surface area contributed by atoms with E-state index in [1.807, 2.05) is 13.8 Å². The second-order valence-electron chi connectivity index (χ2n) is 3.50. The van der Waals surface area contributed by atoms with E-state index in [2.05, 4.69) is 18.7 Å². The standard InChI is InChI=1S/C10H16O/c1-7(2)9-5-4-8(3)10(11)6-9/h4-5,8-11H,1,6H2,2-3H3. The summed E-state index contributed by atoms with van der Waals surface area (Å²) in [4.78, 5) is 0. The Morgan fingerprint density at radius 3 is 2.64 bits per heavy atom. The summed E-state index contributed by atoms with van der Waals surface area (Å²) in [7, 11) is 0. The second kappa shape index (κ2) is 3.22. The van der Waals surface area contributed by atoms with Crippen LogP contribution in [-0.4, -0.2) is 11.2 Å². The fourth-order valence-corrected chi connectivity index (χ4v) is 1.36. The third-order valence-corrected chi connectivity index (χ3v) is 2.38. The lowest BCUT2D eigenvalue weighted by Gasteiger charge is -2.25. The first-order chi connectivity index (χ1) is 5.11. The molecule has 0 spiro atoms. The monoisotopic (exact) mass is 152 g/mol. The highest BCUT2D eigenvalue weighted by molar-refractivity contribution is 5.12. The summed E-state index contributed by atoms with van der Waals surface area (Å²) in [6, 6.07) is 0. The van der Waals surface area contributed by atoms with Gasteiger partial charge in [-0.1, -0.05) is 31.2 Å². The molecule has 1 nitrogen and oxygen atoms in total. The van der Waals surface area contributed by atoms with E-state index in [0.29, 0.717) is 11.8 Å². The maximum Gasteiger partial charge on any atom is 0.0608 e. The van der Waals surface area contributed by atoms with E-state index < -0.39 is 0 Å². The predicted molar refractivity (Wildman–Crippen MR) is 47.2 cm³/mol. The third kappa shape index (κ3) is 1.93. The highest BCUT2D eigenvalue weighted by Crippen LogP contribution is 2.26. The van der Waals surface area contributed by atoms with Gasteiger partial charge in [0.1, 0.15) is 0 Å². The Hall–Kier alpha value is -0.560. The first kappa shape index (κ1) is 8.54. The zero-order chi connectivity index (χ0) is 8.43. The van der Waals surface area contributed by atoms with Gasteiger partial charge in [0.15, 0.2) is 0 Å². The summed E-state index contributed by atoms with van der Waals surface area (Å²) >= 11 is 0. The average molecular weight is 152 g/mol. The van der Waals surface area contributed by atoms with Crippen molar-refractivity contribution in [3.05, 3.63) is 24.3 Å². The molecule has 1 rings (SSSR count). The average Bonchev–Trinajstić information content (AvgIpc) is 1.94. The number of aliphatic hydroxyl groups is 1. The van der Waals surface area contributed by atoms with Gasteiger partial charge in [-0.05, 0) is 25.2 Å². The van der Waals surface area contributed by atoms with Crippen molar-refractivity contribution >= 4 is 0 Å². The Morgan fingerprint density at radius 1 is 1.55 bits per heavy atom. The van der Waals surface area contributed by atoms with Crippen LogP contribution in [0.1, 0.15) is 20.3 Å². The molecule has 0 radical (unpaired) electrons. The molecule has 0 aromatic carbocycles. The zero-order valence-corrected chi connectivity index (χ0v) is 7.25. The Kier molecular flexibility index (Phi) is 2.50. The van der Waals surface area contributed by atoms with Crippen LogP contribution in [0.2, 0.25) is 0 Å². The lowest BCUT2D eigenvalue weighted by atomic mass is 9.84. The van der Waals surface area contributed by atoms with Crippen molar-refractivity contribution in [1.82, 2.24) is 0 Å². The van der Waals surface area contributed by atoms with Crippen LogP contribution in [0, 0.1) is 11.8 Å². The minimum Gasteiger partial charge on any atom is -0.392 e. The van der Waals surface area contributed by atoms with Crippen LogP contribution in [0.4, 0.5) is 0 Å². The molecule has 0 heterocycles. The lowest BCUT2D eigenvalue weighted by Crippen LogP contribution is -2.23. The molecule has 1 heteroatoms. The highest BCUT2D eigenvalue weighted by Gasteiger charge is 2.21. The van der Waals surface area contributed by atoms with E-state index in [4.69, 9.17) is 0 Å². The molecule has 0 saturated carbocycles. The van der Waals surface area contributed by atoms with Crippen molar-refractivity contribution in [2.75, 3.05) is 0 Å². The van der Waals surface area contributed by atoms with Gasteiger partial charge in [-0.3, -0.25) is 0 Å². The largest absolute Gasteiger partial charge is 0.392 e. The van der Waals surface area contributed by atoms with Gasteiger partial charge in [-0.25, -0.2) is 0 Å². The zero-order valence-electron chi connectivity index (χ0n) is 7.25. The molecule has 0 bridgehead atoms. The number of hydrogen-bond acceptors (Lipinski definition) is 1.